The number of rotatable bonds is 6. The number of benzene rings is 1. The fourth-order valence-corrected chi connectivity index (χ4v) is 3.76. The standard InChI is InChI=1S/C20H21N3O3S/c1-4-26-20(25)18-13(2)14(3)27-19(18)22-17(24)10-15-11-21-23(12-15)16-8-6-5-7-9-16/h5-9,11-12H,4,10H2,1-3H3,(H,22,24). The van der Waals surface area contributed by atoms with E-state index in [1.807, 2.05) is 50.4 Å². The van der Waals surface area contributed by atoms with Gasteiger partial charge in [0.1, 0.15) is 5.00 Å². The van der Waals surface area contributed by atoms with Crippen LogP contribution in [0.1, 0.15) is 33.3 Å². The minimum atomic E-state index is -0.411. The number of aryl methyl sites for hydroxylation is 1. The SMILES string of the molecule is CCOC(=O)c1c(NC(=O)Cc2cnn(-c3ccccc3)c2)sc(C)c1C. The molecule has 2 aromatic heterocycles. The molecular formula is C20H21N3O3S. The van der Waals surface area contributed by atoms with Crippen LogP contribution in [0.15, 0.2) is 42.7 Å². The van der Waals surface area contributed by atoms with E-state index in [2.05, 4.69) is 10.4 Å². The molecule has 0 radical (unpaired) electrons. The van der Waals surface area contributed by atoms with Crippen molar-refractivity contribution in [2.45, 2.75) is 27.2 Å². The molecule has 27 heavy (non-hydrogen) atoms. The summed E-state index contributed by atoms with van der Waals surface area (Å²) in [6.07, 6.45) is 3.67. The summed E-state index contributed by atoms with van der Waals surface area (Å²) in [5, 5.41) is 7.68. The van der Waals surface area contributed by atoms with Gasteiger partial charge in [0.25, 0.3) is 0 Å². The molecule has 1 N–H and O–H groups in total. The largest absolute Gasteiger partial charge is 0.462 e. The van der Waals surface area contributed by atoms with Gasteiger partial charge in [-0.05, 0) is 44.0 Å². The molecule has 0 aliphatic rings. The minimum absolute atomic E-state index is 0.172. The Hall–Kier alpha value is -2.93. The zero-order valence-electron chi connectivity index (χ0n) is 15.5. The van der Waals surface area contributed by atoms with Gasteiger partial charge >= 0.3 is 5.97 Å². The van der Waals surface area contributed by atoms with Crippen LogP contribution in [0.3, 0.4) is 0 Å². The van der Waals surface area contributed by atoms with Gasteiger partial charge in [0.05, 0.1) is 30.5 Å². The summed E-state index contributed by atoms with van der Waals surface area (Å²) in [7, 11) is 0. The normalized spacial score (nSPS) is 10.6. The molecule has 0 spiro atoms. The quantitative estimate of drug-likeness (QED) is 0.655. The summed E-state index contributed by atoms with van der Waals surface area (Å²) in [4.78, 5) is 25.7. The van der Waals surface area contributed by atoms with Gasteiger partial charge in [-0.2, -0.15) is 5.10 Å². The number of aromatic nitrogens is 2. The summed E-state index contributed by atoms with van der Waals surface area (Å²) in [5.41, 5.74) is 3.00. The highest BCUT2D eigenvalue weighted by molar-refractivity contribution is 7.16. The van der Waals surface area contributed by atoms with Gasteiger partial charge < -0.3 is 10.1 Å². The molecule has 1 amide bonds. The molecule has 0 unspecified atom stereocenters. The monoisotopic (exact) mass is 383 g/mol. The highest BCUT2D eigenvalue weighted by atomic mass is 32.1. The van der Waals surface area contributed by atoms with Gasteiger partial charge in [-0.1, -0.05) is 18.2 Å². The lowest BCUT2D eigenvalue weighted by molar-refractivity contribution is -0.115. The second-order valence-corrected chi connectivity index (χ2v) is 7.29. The van der Waals surface area contributed by atoms with Crippen LogP contribution in [-0.4, -0.2) is 28.3 Å². The number of para-hydroxylation sites is 1. The van der Waals surface area contributed by atoms with Gasteiger partial charge in [-0.25, -0.2) is 9.48 Å². The number of hydrogen-bond acceptors (Lipinski definition) is 5. The molecule has 0 saturated carbocycles. The lowest BCUT2D eigenvalue weighted by atomic mass is 10.1. The number of hydrogen-bond donors (Lipinski definition) is 1. The van der Waals surface area contributed by atoms with E-state index in [0.29, 0.717) is 17.2 Å². The molecule has 0 fully saturated rings. The summed E-state index contributed by atoms with van der Waals surface area (Å²) in [6, 6.07) is 9.69. The van der Waals surface area contributed by atoms with Crippen LogP contribution in [0.25, 0.3) is 5.69 Å². The molecule has 3 rings (SSSR count). The van der Waals surface area contributed by atoms with E-state index in [1.54, 1.807) is 17.8 Å². The third kappa shape index (κ3) is 4.25. The van der Waals surface area contributed by atoms with Crippen molar-refractivity contribution < 1.29 is 14.3 Å². The number of nitrogens with zero attached hydrogens (tertiary/aromatic N) is 2. The predicted molar refractivity (Wildman–Crippen MR) is 106 cm³/mol. The smallest absolute Gasteiger partial charge is 0.341 e. The highest BCUT2D eigenvalue weighted by Gasteiger charge is 2.22. The lowest BCUT2D eigenvalue weighted by Gasteiger charge is -2.06. The van der Waals surface area contributed by atoms with E-state index in [-0.39, 0.29) is 12.3 Å². The fraction of sp³-hybridized carbons (Fsp3) is 0.250. The number of esters is 1. The summed E-state index contributed by atoms with van der Waals surface area (Å²) >= 11 is 1.38. The zero-order chi connectivity index (χ0) is 19.4. The molecule has 140 valence electrons. The van der Waals surface area contributed by atoms with E-state index in [1.165, 1.54) is 11.3 Å². The third-order valence-electron chi connectivity index (χ3n) is 4.14. The molecule has 0 aliphatic heterocycles. The number of ether oxygens (including phenoxy) is 1. The van der Waals surface area contributed by atoms with Crippen molar-refractivity contribution in [2.75, 3.05) is 11.9 Å². The minimum Gasteiger partial charge on any atom is -0.462 e. The van der Waals surface area contributed by atoms with Crippen LogP contribution in [0, 0.1) is 13.8 Å². The van der Waals surface area contributed by atoms with Crippen LogP contribution in [0.2, 0.25) is 0 Å². The first-order valence-corrected chi connectivity index (χ1v) is 9.47. The maximum Gasteiger partial charge on any atom is 0.341 e. The topological polar surface area (TPSA) is 73.2 Å². The van der Waals surface area contributed by atoms with Crippen LogP contribution in [-0.2, 0) is 16.0 Å². The Morgan fingerprint density at radius 2 is 1.96 bits per heavy atom. The van der Waals surface area contributed by atoms with Gasteiger partial charge in [-0.15, -0.1) is 11.3 Å². The number of nitrogens with one attached hydrogen (secondary N) is 1. The van der Waals surface area contributed by atoms with Crippen molar-refractivity contribution in [2.24, 2.45) is 0 Å². The molecule has 0 bridgehead atoms. The number of carbonyl (C=O) groups is 2. The molecule has 0 atom stereocenters. The molecule has 2 heterocycles. The Morgan fingerprint density at radius 3 is 2.67 bits per heavy atom. The Bertz CT molecular complexity index is 960. The fourth-order valence-electron chi connectivity index (χ4n) is 2.69. The van der Waals surface area contributed by atoms with E-state index < -0.39 is 5.97 Å². The number of carbonyl (C=O) groups excluding carboxylic acids is 2. The van der Waals surface area contributed by atoms with Crippen molar-refractivity contribution in [3.8, 4) is 5.69 Å². The average Bonchev–Trinajstić information content (AvgIpc) is 3.21. The van der Waals surface area contributed by atoms with Crippen LogP contribution in [0.5, 0.6) is 0 Å². The van der Waals surface area contributed by atoms with Crippen molar-refractivity contribution in [1.82, 2.24) is 9.78 Å². The zero-order valence-corrected chi connectivity index (χ0v) is 16.3. The first-order valence-electron chi connectivity index (χ1n) is 8.65. The average molecular weight is 383 g/mol. The Balaban J connectivity index is 1.73. The molecule has 0 saturated heterocycles. The first-order chi connectivity index (χ1) is 13.0. The van der Waals surface area contributed by atoms with E-state index in [4.69, 9.17) is 4.74 Å². The summed E-state index contributed by atoms with van der Waals surface area (Å²) in [6.45, 7) is 5.83. The van der Waals surface area contributed by atoms with Gasteiger partial charge in [0.2, 0.25) is 5.91 Å². The number of thiophene rings is 1. The van der Waals surface area contributed by atoms with Crippen molar-refractivity contribution in [3.63, 3.8) is 0 Å². The molecule has 6 nitrogen and oxygen atoms in total. The van der Waals surface area contributed by atoms with Crippen LogP contribution < -0.4 is 5.32 Å². The summed E-state index contributed by atoms with van der Waals surface area (Å²) < 4.78 is 6.85. The third-order valence-corrected chi connectivity index (χ3v) is 5.26. The highest BCUT2D eigenvalue weighted by Crippen LogP contribution is 2.33. The molecular weight excluding hydrogens is 362 g/mol. The molecule has 3 aromatic rings. The predicted octanol–water partition coefficient (Wildman–Crippen LogP) is 3.91. The first kappa shape index (κ1) is 18.8. The molecule has 7 heteroatoms. The van der Waals surface area contributed by atoms with Crippen molar-refractivity contribution >= 4 is 28.2 Å². The van der Waals surface area contributed by atoms with E-state index >= 15 is 0 Å². The van der Waals surface area contributed by atoms with E-state index in [9.17, 15) is 9.59 Å². The maximum absolute atomic E-state index is 12.5. The van der Waals surface area contributed by atoms with Gasteiger partial charge in [-0.3, -0.25) is 4.79 Å². The Labute approximate surface area is 161 Å². The second kappa shape index (κ2) is 8.18. The van der Waals surface area contributed by atoms with Gasteiger partial charge in [0, 0.05) is 11.1 Å². The van der Waals surface area contributed by atoms with Crippen LogP contribution in [0.4, 0.5) is 5.00 Å². The summed E-state index contributed by atoms with van der Waals surface area (Å²) in [5.74, 6) is -0.610. The number of anilines is 1. The number of amides is 1. The van der Waals surface area contributed by atoms with E-state index in [0.717, 1.165) is 21.7 Å². The van der Waals surface area contributed by atoms with Crippen molar-refractivity contribution in [1.29, 1.82) is 0 Å². The van der Waals surface area contributed by atoms with Crippen LogP contribution >= 0.6 is 11.3 Å². The maximum atomic E-state index is 12.5. The lowest BCUT2D eigenvalue weighted by Crippen LogP contribution is -2.16. The molecule has 1 aromatic carbocycles. The van der Waals surface area contributed by atoms with Gasteiger partial charge in [0.15, 0.2) is 0 Å². The molecule has 0 aliphatic carbocycles. The van der Waals surface area contributed by atoms with Crippen molar-refractivity contribution in [3.05, 3.63) is 64.3 Å². The Morgan fingerprint density at radius 1 is 1.22 bits per heavy atom. The second-order valence-electron chi connectivity index (χ2n) is 6.06. The Kier molecular flexibility index (Phi) is 5.71.